The van der Waals surface area contributed by atoms with Gasteiger partial charge in [-0.15, -0.1) is 0 Å². The average molecular weight is 209 g/mol. The van der Waals surface area contributed by atoms with Gasteiger partial charge in [0.05, 0.1) is 5.69 Å². The van der Waals surface area contributed by atoms with Gasteiger partial charge < -0.3 is 0 Å². The highest BCUT2D eigenvalue weighted by atomic mass is 14.6. The van der Waals surface area contributed by atoms with Crippen LogP contribution in [0.3, 0.4) is 0 Å². The molecule has 1 nitrogen and oxygen atoms in total. The van der Waals surface area contributed by atoms with Crippen LogP contribution < -0.4 is 0 Å². The van der Waals surface area contributed by atoms with E-state index in [2.05, 4.69) is 42.2 Å². The van der Waals surface area contributed by atoms with Crippen LogP contribution in [-0.4, -0.2) is 4.98 Å². The van der Waals surface area contributed by atoms with E-state index in [1.807, 2.05) is 24.3 Å². The topological polar surface area (TPSA) is 12.9 Å². The summed E-state index contributed by atoms with van der Waals surface area (Å²) in [6.45, 7) is 2.17. The Morgan fingerprint density at radius 3 is 2.44 bits per heavy atom. The smallest absolute Gasteiger partial charge is 0.0629 e. The summed E-state index contributed by atoms with van der Waals surface area (Å²) in [5.41, 5.74) is 3.57. The zero-order valence-corrected chi connectivity index (χ0v) is 9.43. The van der Waals surface area contributed by atoms with Gasteiger partial charge in [-0.1, -0.05) is 43.3 Å². The summed E-state index contributed by atoms with van der Waals surface area (Å²) in [5.74, 6) is 0. The molecule has 0 spiro atoms. The van der Waals surface area contributed by atoms with Gasteiger partial charge >= 0.3 is 0 Å². The predicted octanol–water partition coefficient (Wildman–Crippen LogP) is 3.81. The molecular formula is C15H15N. The van der Waals surface area contributed by atoms with Gasteiger partial charge in [0.1, 0.15) is 0 Å². The van der Waals surface area contributed by atoms with Crippen LogP contribution >= 0.6 is 0 Å². The Bertz CT molecular complexity index is 455. The average Bonchev–Trinajstić information content (AvgIpc) is 2.38. The van der Waals surface area contributed by atoms with E-state index in [-0.39, 0.29) is 0 Å². The van der Waals surface area contributed by atoms with E-state index < -0.39 is 0 Å². The molecule has 16 heavy (non-hydrogen) atoms. The first kappa shape index (κ1) is 10.6. The normalized spacial score (nSPS) is 10.8. The van der Waals surface area contributed by atoms with Gasteiger partial charge in [0.25, 0.3) is 0 Å². The fourth-order valence-corrected chi connectivity index (χ4v) is 1.52. The highest BCUT2D eigenvalue weighted by Gasteiger charge is 1.89. The second-order valence-corrected chi connectivity index (χ2v) is 3.68. The Morgan fingerprint density at radius 1 is 1.00 bits per heavy atom. The number of hydrogen-bond donors (Lipinski definition) is 0. The highest BCUT2D eigenvalue weighted by Crippen LogP contribution is 2.08. The van der Waals surface area contributed by atoms with Gasteiger partial charge in [-0.3, -0.25) is 4.98 Å². The van der Waals surface area contributed by atoms with Crippen molar-refractivity contribution in [1.29, 1.82) is 0 Å². The van der Waals surface area contributed by atoms with Crippen LogP contribution in [0, 0.1) is 0 Å². The van der Waals surface area contributed by atoms with Crippen LogP contribution in [0.1, 0.15) is 23.7 Å². The molecule has 1 aromatic heterocycles. The third-order valence-electron chi connectivity index (χ3n) is 2.52. The molecule has 2 rings (SSSR count). The van der Waals surface area contributed by atoms with E-state index in [9.17, 15) is 0 Å². The maximum Gasteiger partial charge on any atom is 0.0629 e. The molecule has 80 valence electrons. The van der Waals surface area contributed by atoms with E-state index in [1.54, 1.807) is 6.20 Å². The lowest BCUT2D eigenvalue weighted by Gasteiger charge is -1.97. The molecule has 0 unspecified atom stereocenters. The van der Waals surface area contributed by atoms with Crippen LogP contribution in [0.25, 0.3) is 12.2 Å². The maximum absolute atomic E-state index is 4.24. The first-order valence-electron chi connectivity index (χ1n) is 5.56. The molecule has 1 heterocycles. The lowest BCUT2D eigenvalue weighted by molar-refractivity contribution is 1.14. The van der Waals surface area contributed by atoms with Crippen molar-refractivity contribution in [3.05, 3.63) is 65.5 Å². The molecular weight excluding hydrogens is 194 g/mol. The summed E-state index contributed by atoms with van der Waals surface area (Å²) < 4.78 is 0. The van der Waals surface area contributed by atoms with Crippen molar-refractivity contribution in [1.82, 2.24) is 4.98 Å². The number of benzene rings is 1. The first-order chi connectivity index (χ1) is 7.88. The molecule has 1 aromatic carbocycles. The van der Waals surface area contributed by atoms with Gasteiger partial charge in [0.15, 0.2) is 0 Å². The van der Waals surface area contributed by atoms with Gasteiger partial charge in [0.2, 0.25) is 0 Å². The van der Waals surface area contributed by atoms with E-state index in [4.69, 9.17) is 0 Å². The van der Waals surface area contributed by atoms with Crippen LogP contribution in [0.4, 0.5) is 0 Å². The molecule has 2 aromatic rings. The van der Waals surface area contributed by atoms with Crippen molar-refractivity contribution in [2.24, 2.45) is 0 Å². The standard InChI is InChI=1S/C15H15N/c1-2-13-6-8-14(9-7-13)10-11-15-5-3-4-12-16-15/h3-12H,2H2,1H3. The van der Waals surface area contributed by atoms with Gasteiger partial charge in [-0.05, 0) is 35.8 Å². The molecule has 0 bridgehead atoms. The van der Waals surface area contributed by atoms with Crippen molar-refractivity contribution in [2.75, 3.05) is 0 Å². The van der Waals surface area contributed by atoms with Crippen molar-refractivity contribution in [3.63, 3.8) is 0 Å². The van der Waals surface area contributed by atoms with Crippen molar-refractivity contribution in [2.45, 2.75) is 13.3 Å². The van der Waals surface area contributed by atoms with Crippen molar-refractivity contribution < 1.29 is 0 Å². The molecule has 0 saturated carbocycles. The third-order valence-corrected chi connectivity index (χ3v) is 2.52. The summed E-state index contributed by atoms with van der Waals surface area (Å²) in [5, 5.41) is 0. The van der Waals surface area contributed by atoms with Crippen LogP contribution in [0.5, 0.6) is 0 Å². The zero-order chi connectivity index (χ0) is 11.2. The van der Waals surface area contributed by atoms with Crippen molar-refractivity contribution >= 4 is 12.2 Å². The van der Waals surface area contributed by atoms with Crippen LogP contribution in [-0.2, 0) is 6.42 Å². The minimum Gasteiger partial charge on any atom is -0.257 e. The molecule has 0 aliphatic rings. The molecule has 1 heteroatoms. The Kier molecular flexibility index (Phi) is 3.50. The van der Waals surface area contributed by atoms with Gasteiger partial charge in [-0.25, -0.2) is 0 Å². The SMILES string of the molecule is CCc1ccc(C=Cc2ccccn2)cc1. The van der Waals surface area contributed by atoms with Gasteiger partial charge in [-0.2, -0.15) is 0 Å². The lowest BCUT2D eigenvalue weighted by Crippen LogP contribution is -1.80. The second-order valence-electron chi connectivity index (χ2n) is 3.68. The summed E-state index contributed by atoms with van der Waals surface area (Å²) in [7, 11) is 0. The number of aromatic nitrogens is 1. The maximum atomic E-state index is 4.24. The number of aryl methyl sites for hydroxylation is 1. The summed E-state index contributed by atoms with van der Waals surface area (Å²) in [4.78, 5) is 4.24. The second kappa shape index (κ2) is 5.26. The summed E-state index contributed by atoms with van der Waals surface area (Å²) in [6.07, 6.45) is 7.01. The highest BCUT2D eigenvalue weighted by molar-refractivity contribution is 5.67. The Balaban J connectivity index is 2.12. The monoisotopic (exact) mass is 209 g/mol. The minimum atomic E-state index is 0.988. The van der Waals surface area contributed by atoms with Crippen LogP contribution in [0.15, 0.2) is 48.7 Å². The van der Waals surface area contributed by atoms with E-state index in [0.29, 0.717) is 0 Å². The van der Waals surface area contributed by atoms with E-state index >= 15 is 0 Å². The number of nitrogens with zero attached hydrogens (tertiary/aromatic N) is 1. The molecule has 0 aliphatic heterocycles. The van der Waals surface area contributed by atoms with Crippen LogP contribution in [0.2, 0.25) is 0 Å². The molecule has 0 radical (unpaired) electrons. The molecule has 0 saturated heterocycles. The van der Waals surface area contributed by atoms with E-state index in [0.717, 1.165) is 12.1 Å². The lowest BCUT2D eigenvalue weighted by atomic mass is 10.1. The fraction of sp³-hybridized carbons (Fsp3) is 0.133. The molecule has 0 amide bonds. The fourth-order valence-electron chi connectivity index (χ4n) is 1.52. The summed E-state index contributed by atoms with van der Waals surface area (Å²) >= 11 is 0. The number of rotatable bonds is 3. The molecule has 0 atom stereocenters. The number of pyridine rings is 1. The third kappa shape index (κ3) is 2.80. The number of hydrogen-bond acceptors (Lipinski definition) is 1. The van der Waals surface area contributed by atoms with Crippen molar-refractivity contribution in [3.8, 4) is 0 Å². The molecule has 0 aliphatic carbocycles. The quantitative estimate of drug-likeness (QED) is 0.749. The Labute approximate surface area is 96.5 Å². The van der Waals surface area contributed by atoms with E-state index in [1.165, 1.54) is 11.1 Å². The zero-order valence-electron chi connectivity index (χ0n) is 9.43. The Hall–Kier alpha value is -1.89. The largest absolute Gasteiger partial charge is 0.257 e. The Morgan fingerprint density at radius 2 is 1.81 bits per heavy atom. The molecule has 0 fully saturated rings. The first-order valence-corrected chi connectivity index (χ1v) is 5.56. The predicted molar refractivity (Wildman–Crippen MR) is 69.0 cm³/mol. The summed E-state index contributed by atoms with van der Waals surface area (Å²) in [6, 6.07) is 14.5. The minimum absolute atomic E-state index is 0.988. The van der Waals surface area contributed by atoms with Gasteiger partial charge in [0, 0.05) is 6.20 Å². The molecule has 0 N–H and O–H groups in total.